The van der Waals surface area contributed by atoms with Crippen LogP contribution in [-0.4, -0.2) is 44.3 Å². The summed E-state index contributed by atoms with van der Waals surface area (Å²) in [5.41, 5.74) is 0.167. The monoisotopic (exact) mass is 400 g/mol. The van der Waals surface area contributed by atoms with E-state index in [1.54, 1.807) is 0 Å². The van der Waals surface area contributed by atoms with Gasteiger partial charge in [0, 0.05) is 47.7 Å². The van der Waals surface area contributed by atoms with E-state index in [4.69, 9.17) is 30.0 Å². The fourth-order valence-electron chi connectivity index (χ4n) is 0.755. The van der Waals surface area contributed by atoms with Gasteiger partial charge in [-0.25, -0.2) is 9.59 Å². The van der Waals surface area contributed by atoms with Gasteiger partial charge in [-0.1, -0.05) is 0 Å². The van der Waals surface area contributed by atoms with Crippen molar-refractivity contribution in [3.05, 3.63) is 35.4 Å². The first-order valence-electron chi connectivity index (χ1n) is 5.03. The number of benzene rings is 1. The summed E-state index contributed by atoms with van der Waals surface area (Å²) in [7, 11) is 0. The molecule has 4 N–H and O–H groups in total. The minimum Gasteiger partial charge on any atom is -0.481 e. The van der Waals surface area contributed by atoms with Crippen molar-refractivity contribution in [2.75, 3.05) is 0 Å². The molecule has 1 rings (SSSR count). The average molecular weight is 400 g/mol. The summed E-state index contributed by atoms with van der Waals surface area (Å²) < 4.78 is 0. The van der Waals surface area contributed by atoms with Crippen molar-refractivity contribution in [2.45, 2.75) is 13.8 Å². The maximum absolute atomic E-state index is 10.3. The molecular formula is C12H14CoMnO8. The van der Waals surface area contributed by atoms with Gasteiger partial charge >= 0.3 is 11.9 Å². The van der Waals surface area contributed by atoms with Crippen LogP contribution < -0.4 is 0 Å². The standard InChI is InChI=1S/C8H6O4.2C2H4O2.Co.Mn/c9-7(10)5-1-2-6(4-3-5)8(11)12;2*1-2(3)4;;/h1-4H,(H,9,10)(H,11,12);2*1H3,(H,3,4);;. The van der Waals surface area contributed by atoms with Crippen LogP contribution in [0.5, 0.6) is 0 Å². The molecule has 0 atom stereocenters. The van der Waals surface area contributed by atoms with Crippen LogP contribution >= 0.6 is 0 Å². The molecule has 0 aromatic heterocycles. The third-order valence-electron chi connectivity index (χ3n) is 1.38. The van der Waals surface area contributed by atoms with Crippen molar-refractivity contribution in [3.8, 4) is 0 Å². The molecule has 8 nitrogen and oxygen atoms in total. The Balaban J connectivity index is -0.000000138. The van der Waals surface area contributed by atoms with Crippen LogP contribution in [0.2, 0.25) is 0 Å². The largest absolute Gasteiger partial charge is 0.481 e. The zero-order chi connectivity index (χ0) is 16.3. The second kappa shape index (κ2) is 15.5. The normalized spacial score (nSPS) is 7.36. The van der Waals surface area contributed by atoms with Crippen LogP contribution in [0.3, 0.4) is 0 Å². The number of aromatic carboxylic acids is 2. The summed E-state index contributed by atoms with van der Waals surface area (Å²) in [4.78, 5) is 38.7. The van der Waals surface area contributed by atoms with E-state index in [1.807, 2.05) is 0 Å². The van der Waals surface area contributed by atoms with E-state index in [2.05, 4.69) is 0 Å². The van der Waals surface area contributed by atoms with Crippen LogP contribution in [0.4, 0.5) is 0 Å². The molecule has 0 unspecified atom stereocenters. The Kier molecular flexibility index (Phi) is 20.0. The van der Waals surface area contributed by atoms with Gasteiger partial charge < -0.3 is 20.4 Å². The van der Waals surface area contributed by atoms with Crippen LogP contribution in [0.1, 0.15) is 34.6 Å². The summed E-state index contributed by atoms with van der Waals surface area (Å²) in [6, 6.07) is 5.02. The number of carbonyl (C=O) groups is 4. The first kappa shape index (κ1) is 28.3. The van der Waals surface area contributed by atoms with Crippen LogP contribution in [-0.2, 0) is 43.4 Å². The summed E-state index contributed by atoms with van der Waals surface area (Å²) >= 11 is 0. The topological polar surface area (TPSA) is 149 Å². The van der Waals surface area contributed by atoms with Crippen molar-refractivity contribution < 1.29 is 73.5 Å². The van der Waals surface area contributed by atoms with Gasteiger partial charge in [-0.3, -0.25) is 9.59 Å². The quantitative estimate of drug-likeness (QED) is 0.542. The third-order valence-corrected chi connectivity index (χ3v) is 1.38. The molecule has 0 amide bonds. The molecule has 0 saturated heterocycles. The maximum Gasteiger partial charge on any atom is 0.335 e. The van der Waals surface area contributed by atoms with Crippen LogP contribution in [0.25, 0.3) is 0 Å². The number of carboxylic acids is 4. The van der Waals surface area contributed by atoms with Gasteiger partial charge in [-0.15, -0.1) is 0 Å². The van der Waals surface area contributed by atoms with Crippen LogP contribution in [0, 0.1) is 0 Å². The van der Waals surface area contributed by atoms with E-state index < -0.39 is 23.9 Å². The van der Waals surface area contributed by atoms with Crippen molar-refractivity contribution >= 4 is 23.9 Å². The molecule has 0 saturated carbocycles. The first-order valence-corrected chi connectivity index (χ1v) is 5.03. The van der Waals surface area contributed by atoms with Gasteiger partial charge in [0.1, 0.15) is 0 Å². The number of carboxylic acid groups (broad SMARTS) is 4. The number of rotatable bonds is 2. The Bertz CT molecular complexity index is 433. The zero-order valence-corrected chi connectivity index (χ0v) is 13.7. The van der Waals surface area contributed by atoms with Gasteiger partial charge in [-0.2, -0.15) is 0 Å². The summed E-state index contributed by atoms with van der Waals surface area (Å²) in [6.07, 6.45) is 0. The van der Waals surface area contributed by atoms with E-state index in [-0.39, 0.29) is 45.0 Å². The van der Waals surface area contributed by atoms with E-state index in [1.165, 1.54) is 24.3 Å². The maximum atomic E-state index is 10.3. The molecule has 0 bridgehead atoms. The van der Waals surface area contributed by atoms with Crippen LogP contribution in [0.15, 0.2) is 24.3 Å². The predicted molar refractivity (Wildman–Crippen MR) is 67.0 cm³/mol. The summed E-state index contributed by atoms with van der Waals surface area (Å²) in [5, 5.41) is 31.8. The van der Waals surface area contributed by atoms with Crippen molar-refractivity contribution in [3.63, 3.8) is 0 Å². The molecule has 22 heavy (non-hydrogen) atoms. The van der Waals surface area contributed by atoms with Gasteiger partial charge in [0.25, 0.3) is 11.9 Å². The molecule has 1 aromatic rings. The van der Waals surface area contributed by atoms with Gasteiger partial charge in [-0.05, 0) is 24.3 Å². The summed E-state index contributed by atoms with van der Waals surface area (Å²) in [5.74, 6) is -3.79. The molecule has 126 valence electrons. The Morgan fingerprint density at radius 1 is 0.682 bits per heavy atom. The smallest absolute Gasteiger partial charge is 0.335 e. The minimum absolute atomic E-state index is 0. The zero-order valence-electron chi connectivity index (χ0n) is 11.4. The molecule has 0 aliphatic rings. The molecule has 0 heterocycles. The third kappa shape index (κ3) is 20.4. The van der Waals surface area contributed by atoms with Gasteiger partial charge in [0.2, 0.25) is 0 Å². The van der Waals surface area contributed by atoms with E-state index >= 15 is 0 Å². The predicted octanol–water partition coefficient (Wildman–Crippen LogP) is 1.26. The number of hydrogen-bond acceptors (Lipinski definition) is 4. The van der Waals surface area contributed by atoms with Gasteiger partial charge in [0.15, 0.2) is 0 Å². The molecule has 0 fully saturated rings. The number of aliphatic carboxylic acids is 2. The minimum atomic E-state index is -1.06. The SMILES string of the molecule is CC(=O)O.CC(=O)O.O=C(O)c1ccc(C(=O)O)cc1.[Co].[Mn]. The molecule has 0 aliphatic carbocycles. The molecule has 1 aromatic carbocycles. The Morgan fingerprint density at radius 2 is 0.818 bits per heavy atom. The van der Waals surface area contributed by atoms with Crippen molar-refractivity contribution in [1.82, 2.24) is 0 Å². The molecule has 10 heteroatoms. The van der Waals surface area contributed by atoms with E-state index in [0.717, 1.165) is 13.8 Å². The second-order valence-electron chi connectivity index (χ2n) is 3.23. The Morgan fingerprint density at radius 3 is 0.909 bits per heavy atom. The molecule has 0 spiro atoms. The van der Waals surface area contributed by atoms with Gasteiger partial charge in [0.05, 0.1) is 11.1 Å². The first-order chi connectivity index (χ1) is 9.07. The van der Waals surface area contributed by atoms with Crippen molar-refractivity contribution in [2.24, 2.45) is 0 Å². The van der Waals surface area contributed by atoms with Crippen molar-refractivity contribution in [1.29, 1.82) is 0 Å². The Hall–Kier alpha value is -1.87. The fraction of sp³-hybridized carbons (Fsp3) is 0.167. The fourth-order valence-corrected chi connectivity index (χ4v) is 0.755. The average Bonchev–Trinajstić information content (AvgIpc) is 2.27. The van der Waals surface area contributed by atoms with E-state index in [0.29, 0.717) is 0 Å². The molecular weight excluding hydrogens is 386 g/mol. The summed E-state index contributed by atoms with van der Waals surface area (Å²) in [6.45, 7) is 2.17. The molecule has 2 radical (unpaired) electrons. The van der Waals surface area contributed by atoms with E-state index in [9.17, 15) is 9.59 Å². The number of hydrogen-bond donors (Lipinski definition) is 4. The second-order valence-corrected chi connectivity index (χ2v) is 3.23. The molecule has 0 aliphatic heterocycles. The Labute approximate surface area is 146 Å².